The van der Waals surface area contributed by atoms with Crippen molar-refractivity contribution in [2.24, 2.45) is 0 Å². The van der Waals surface area contributed by atoms with Crippen LogP contribution in [0.1, 0.15) is 213 Å². The number of nitrogens with zero attached hydrogens (tertiary/aromatic N) is 1. The second-order valence-corrected chi connectivity index (χ2v) is 19.4. The number of esters is 2. The van der Waals surface area contributed by atoms with E-state index in [-0.39, 0.29) is 26.1 Å². The molecule has 1 N–H and O–H groups in total. The molecule has 0 fully saturated rings. The van der Waals surface area contributed by atoms with Crippen LogP contribution in [-0.2, 0) is 32.7 Å². The molecular weight excluding hydrogens is 790 g/mol. The molecule has 0 spiro atoms. The summed E-state index contributed by atoms with van der Waals surface area (Å²) in [6.07, 6.45) is 44.8. The summed E-state index contributed by atoms with van der Waals surface area (Å²) in [6, 6.07) is 0. The minimum absolute atomic E-state index is 0.0458. The number of carbonyl (C=O) groups is 2. The summed E-state index contributed by atoms with van der Waals surface area (Å²) >= 11 is 0. The van der Waals surface area contributed by atoms with Crippen molar-refractivity contribution in [1.29, 1.82) is 0 Å². The summed E-state index contributed by atoms with van der Waals surface area (Å²) < 4.78 is 33.9. The molecule has 3 atom stereocenters. The number of carbonyl (C=O) groups excluding carboxylic acids is 2. The van der Waals surface area contributed by atoms with Crippen molar-refractivity contribution in [3.8, 4) is 0 Å². The van der Waals surface area contributed by atoms with Gasteiger partial charge in [-0.25, -0.2) is 0 Å². The minimum Gasteiger partial charge on any atom is -0.756 e. The number of phosphoric acid groups is 1. The lowest BCUT2D eigenvalue weighted by Crippen LogP contribution is -2.37. The maximum Gasteiger partial charge on any atom is 0.306 e. The zero-order chi connectivity index (χ0) is 45.1. The zero-order valence-electron chi connectivity index (χ0n) is 40.0. The lowest BCUT2D eigenvalue weighted by molar-refractivity contribution is -0.870. The molecule has 10 nitrogen and oxygen atoms in total. The van der Waals surface area contributed by atoms with Gasteiger partial charge >= 0.3 is 11.9 Å². The van der Waals surface area contributed by atoms with Gasteiger partial charge in [-0.05, 0) is 32.1 Å². The average molecular weight is 884 g/mol. The fraction of sp³-hybridized carbons (Fsp3) is 0.840. The third-order valence-corrected chi connectivity index (χ3v) is 11.7. The Kier molecular flexibility index (Phi) is 40.9. The van der Waals surface area contributed by atoms with E-state index in [0.29, 0.717) is 30.3 Å². The van der Waals surface area contributed by atoms with E-state index in [2.05, 4.69) is 32.1 Å². The molecule has 61 heavy (non-hydrogen) atoms. The van der Waals surface area contributed by atoms with Crippen molar-refractivity contribution in [1.82, 2.24) is 0 Å². The van der Waals surface area contributed by atoms with Crippen LogP contribution in [-0.4, -0.2) is 81.2 Å². The molecule has 358 valence electrons. The highest BCUT2D eigenvalue weighted by atomic mass is 31.2. The summed E-state index contributed by atoms with van der Waals surface area (Å²) in [7, 11) is 1.12. The maximum absolute atomic E-state index is 12.7. The van der Waals surface area contributed by atoms with E-state index in [4.69, 9.17) is 18.5 Å². The number of phosphoric ester groups is 1. The number of likely N-dealkylation sites (N-methyl/N-ethyl adjacent to an activating group) is 1. The fourth-order valence-corrected chi connectivity index (χ4v) is 7.63. The molecular formula is C50H94NO9P. The van der Waals surface area contributed by atoms with Crippen molar-refractivity contribution < 1.29 is 47.2 Å². The topological polar surface area (TPSA) is 131 Å². The number of hydrogen-bond acceptors (Lipinski definition) is 9. The summed E-state index contributed by atoms with van der Waals surface area (Å²) in [5.74, 6) is -0.903. The third kappa shape index (κ3) is 46.0. The van der Waals surface area contributed by atoms with Crippen molar-refractivity contribution in [2.45, 2.75) is 225 Å². The van der Waals surface area contributed by atoms with Gasteiger partial charge in [-0.2, -0.15) is 0 Å². The van der Waals surface area contributed by atoms with E-state index in [0.717, 1.165) is 57.8 Å². The fourth-order valence-electron chi connectivity index (χ4n) is 6.90. The van der Waals surface area contributed by atoms with E-state index >= 15 is 0 Å². The largest absolute Gasteiger partial charge is 0.756 e. The third-order valence-electron chi connectivity index (χ3n) is 10.8. The summed E-state index contributed by atoms with van der Waals surface area (Å²) in [5.41, 5.74) is 0. The van der Waals surface area contributed by atoms with Crippen LogP contribution in [0.3, 0.4) is 0 Å². The van der Waals surface area contributed by atoms with Crippen molar-refractivity contribution in [2.75, 3.05) is 47.5 Å². The molecule has 0 radical (unpaired) electrons. The monoisotopic (exact) mass is 884 g/mol. The average Bonchev–Trinajstić information content (AvgIpc) is 3.21. The molecule has 0 rings (SSSR count). The SMILES string of the molecule is CC/C=C/C/C=C/C=C/C(O)CCCCCCCC(=O)OC[C@H](COP(=O)([O-])OCC[N+](C)(C)C)OC(=O)CCCCCCCCCCCCCCCCCCCCCCC. The van der Waals surface area contributed by atoms with Crippen LogP contribution in [0.25, 0.3) is 0 Å². The van der Waals surface area contributed by atoms with Gasteiger partial charge in [0.15, 0.2) is 6.10 Å². The first-order valence-corrected chi connectivity index (χ1v) is 26.3. The van der Waals surface area contributed by atoms with Crippen molar-refractivity contribution in [3.63, 3.8) is 0 Å². The quantitative estimate of drug-likeness (QED) is 0.0159. The van der Waals surface area contributed by atoms with Gasteiger partial charge in [0.25, 0.3) is 7.82 Å². The highest BCUT2D eigenvalue weighted by Crippen LogP contribution is 2.38. The first-order chi connectivity index (χ1) is 29.4. The normalized spacial score (nSPS) is 14.3. The van der Waals surface area contributed by atoms with Gasteiger partial charge in [-0.1, -0.05) is 204 Å². The molecule has 0 amide bonds. The molecule has 11 heteroatoms. The molecule has 0 saturated carbocycles. The zero-order valence-corrected chi connectivity index (χ0v) is 40.9. The predicted octanol–water partition coefficient (Wildman–Crippen LogP) is 12.8. The minimum atomic E-state index is -4.65. The number of aliphatic hydroxyl groups is 1. The number of hydrogen-bond donors (Lipinski definition) is 1. The number of allylic oxidation sites excluding steroid dienone is 5. The molecule has 0 heterocycles. The Hall–Kier alpha value is -1.81. The van der Waals surface area contributed by atoms with Crippen LogP contribution in [0.15, 0.2) is 36.5 Å². The van der Waals surface area contributed by atoms with Crippen LogP contribution in [0.2, 0.25) is 0 Å². The lowest BCUT2D eigenvalue weighted by atomic mass is 10.0. The standard InChI is InChI=1S/C50H94NO9P/c1-6-8-10-12-14-15-16-17-18-19-20-21-22-23-24-25-26-27-29-33-38-42-50(54)60-48(46-59-61(55,56)58-44-43-51(3,4)5)45-57-49(53)41-37-34-30-32-36-40-47(52)39-35-31-28-13-11-9-7-2/h9,11,28,31,35,39,47-48,52H,6-8,10,12-27,29-30,32-34,36-38,40-46H2,1-5H3/b11-9+,31-28+,39-35+/t47?,48-/m1/s1. The van der Waals surface area contributed by atoms with E-state index in [1.807, 2.05) is 39.4 Å². The highest BCUT2D eigenvalue weighted by Gasteiger charge is 2.21. The van der Waals surface area contributed by atoms with Crippen LogP contribution < -0.4 is 4.89 Å². The van der Waals surface area contributed by atoms with E-state index < -0.39 is 38.6 Å². The van der Waals surface area contributed by atoms with E-state index in [1.54, 1.807) is 0 Å². The Bertz CT molecular complexity index is 1150. The highest BCUT2D eigenvalue weighted by molar-refractivity contribution is 7.45. The predicted molar refractivity (Wildman–Crippen MR) is 251 cm³/mol. The second-order valence-electron chi connectivity index (χ2n) is 18.0. The second kappa shape index (κ2) is 42.2. The van der Waals surface area contributed by atoms with Crippen molar-refractivity contribution >= 4 is 19.8 Å². The first kappa shape index (κ1) is 59.2. The Balaban J connectivity index is 4.30. The van der Waals surface area contributed by atoms with Crippen LogP contribution in [0, 0.1) is 0 Å². The number of aliphatic hydroxyl groups excluding tert-OH is 1. The van der Waals surface area contributed by atoms with Crippen molar-refractivity contribution in [3.05, 3.63) is 36.5 Å². The van der Waals surface area contributed by atoms with Gasteiger partial charge in [0, 0.05) is 12.8 Å². The molecule has 0 aliphatic carbocycles. The summed E-state index contributed by atoms with van der Waals surface area (Å²) in [6.45, 7) is 4.01. The Labute approximate surface area is 374 Å². The first-order valence-electron chi connectivity index (χ1n) is 24.8. The van der Waals surface area contributed by atoms with Gasteiger partial charge in [0.05, 0.1) is 33.9 Å². The molecule has 0 aliphatic rings. The van der Waals surface area contributed by atoms with Gasteiger partial charge in [-0.3, -0.25) is 14.2 Å². The molecule has 0 saturated heterocycles. The number of ether oxygens (including phenoxy) is 2. The maximum atomic E-state index is 12.7. The number of unbranched alkanes of at least 4 members (excludes halogenated alkanes) is 24. The molecule has 0 aromatic carbocycles. The molecule has 0 aromatic rings. The molecule has 0 aromatic heterocycles. The Morgan fingerprint density at radius 3 is 1.57 bits per heavy atom. The van der Waals surface area contributed by atoms with E-state index in [9.17, 15) is 24.2 Å². The van der Waals surface area contributed by atoms with Crippen LogP contribution in [0.4, 0.5) is 0 Å². The lowest BCUT2D eigenvalue weighted by Gasteiger charge is -2.28. The van der Waals surface area contributed by atoms with Crippen LogP contribution in [0.5, 0.6) is 0 Å². The molecule has 2 unspecified atom stereocenters. The molecule has 0 bridgehead atoms. The van der Waals surface area contributed by atoms with Crippen LogP contribution >= 0.6 is 7.82 Å². The van der Waals surface area contributed by atoms with Gasteiger partial charge < -0.3 is 33.0 Å². The molecule has 0 aliphatic heterocycles. The number of quaternary nitrogens is 1. The summed E-state index contributed by atoms with van der Waals surface area (Å²) in [5, 5.41) is 10.2. The van der Waals surface area contributed by atoms with Gasteiger partial charge in [0.1, 0.15) is 19.8 Å². The smallest absolute Gasteiger partial charge is 0.306 e. The number of rotatable bonds is 45. The van der Waals surface area contributed by atoms with Gasteiger partial charge in [0.2, 0.25) is 0 Å². The Morgan fingerprint density at radius 2 is 1.08 bits per heavy atom. The summed E-state index contributed by atoms with van der Waals surface area (Å²) in [4.78, 5) is 37.7. The van der Waals surface area contributed by atoms with E-state index in [1.165, 1.54) is 109 Å². The van der Waals surface area contributed by atoms with Gasteiger partial charge in [-0.15, -0.1) is 0 Å². The Morgan fingerprint density at radius 1 is 0.607 bits per heavy atom.